The van der Waals surface area contributed by atoms with Crippen LogP contribution in [0.1, 0.15) is 41.1 Å². The molecule has 5 N–H and O–H groups in total. The van der Waals surface area contributed by atoms with E-state index in [9.17, 15) is 9.59 Å². The van der Waals surface area contributed by atoms with Crippen molar-refractivity contribution in [2.24, 2.45) is 0 Å². The number of anilines is 2. The highest BCUT2D eigenvalue weighted by atomic mass is 19.1. The minimum Gasteiger partial charge on any atom is -0.493 e. The maximum absolute atomic E-state index is 15.9. The number of rotatable bonds is 8. The topological polar surface area (TPSA) is 165 Å². The van der Waals surface area contributed by atoms with Crippen LogP contribution in [0.3, 0.4) is 0 Å². The summed E-state index contributed by atoms with van der Waals surface area (Å²) in [7, 11) is 2.89. The summed E-state index contributed by atoms with van der Waals surface area (Å²) in [6, 6.07) is 4.16. The number of hydrogen-bond acceptors (Lipinski definition) is 9. The Morgan fingerprint density at radius 1 is 1.15 bits per heavy atom. The zero-order valence-corrected chi connectivity index (χ0v) is 22.0. The highest BCUT2D eigenvalue weighted by Crippen LogP contribution is 2.40. The highest BCUT2D eigenvalue weighted by Gasteiger charge is 2.29. The van der Waals surface area contributed by atoms with Gasteiger partial charge in [-0.1, -0.05) is 6.08 Å². The Morgan fingerprint density at radius 2 is 1.90 bits per heavy atom. The highest BCUT2D eigenvalue weighted by molar-refractivity contribution is 5.86. The average Bonchev–Trinajstić information content (AvgIpc) is 3.77. The normalized spacial score (nSPS) is 13.1. The van der Waals surface area contributed by atoms with E-state index in [-0.39, 0.29) is 28.7 Å². The smallest absolute Gasteiger partial charge is 0.493 e. The van der Waals surface area contributed by atoms with Gasteiger partial charge in [0.1, 0.15) is 11.6 Å². The number of nitrogens with zero attached hydrogens (tertiary/aromatic N) is 3. The number of ether oxygens (including phenoxy) is 3. The summed E-state index contributed by atoms with van der Waals surface area (Å²) >= 11 is 0. The van der Waals surface area contributed by atoms with Crippen molar-refractivity contribution in [3.8, 4) is 17.2 Å². The molecule has 212 valence electrons. The summed E-state index contributed by atoms with van der Waals surface area (Å²) in [5.41, 5.74) is 11.9. The molecule has 2 heterocycles. The zero-order chi connectivity index (χ0) is 29.4. The first-order valence-corrected chi connectivity index (χ1v) is 12.4. The molecule has 5 rings (SSSR count). The summed E-state index contributed by atoms with van der Waals surface area (Å²) in [6.45, 7) is 0. The largest absolute Gasteiger partial charge is 0.511 e. The number of carbonyl (C=O) groups is 1. The van der Waals surface area contributed by atoms with Gasteiger partial charge in [-0.2, -0.15) is 4.98 Å². The van der Waals surface area contributed by atoms with E-state index in [1.54, 1.807) is 12.1 Å². The van der Waals surface area contributed by atoms with Crippen molar-refractivity contribution in [3.05, 3.63) is 74.7 Å². The molecular formula is C28H25F2N5O6. The lowest BCUT2D eigenvalue weighted by Crippen LogP contribution is -2.17. The van der Waals surface area contributed by atoms with Gasteiger partial charge in [0.2, 0.25) is 11.4 Å². The molecule has 1 aliphatic rings. The second-order valence-electron chi connectivity index (χ2n) is 9.38. The van der Waals surface area contributed by atoms with E-state index < -0.39 is 34.5 Å². The van der Waals surface area contributed by atoms with Gasteiger partial charge < -0.3 is 35.4 Å². The fourth-order valence-corrected chi connectivity index (χ4v) is 4.63. The predicted octanol–water partition coefficient (Wildman–Crippen LogP) is 4.40. The number of hydrogen-bond donors (Lipinski definition) is 3. The number of nitrogens with two attached hydrogens (primary N) is 2. The van der Waals surface area contributed by atoms with Crippen molar-refractivity contribution < 1.29 is 32.9 Å². The minimum absolute atomic E-state index is 0.0411. The summed E-state index contributed by atoms with van der Waals surface area (Å²) < 4.78 is 48.2. The van der Waals surface area contributed by atoms with Crippen molar-refractivity contribution >= 4 is 41.0 Å². The van der Waals surface area contributed by atoms with E-state index in [0.717, 1.165) is 17.8 Å². The Balaban J connectivity index is 1.61. The second kappa shape index (κ2) is 10.8. The molecule has 1 fully saturated rings. The monoisotopic (exact) mass is 565 g/mol. The number of fused-ring (bicyclic) bond motifs is 1. The van der Waals surface area contributed by atoms with Gasteiger partial charge in [-0.3, -0.25) is 4.79 Å². The van der Waals surface area contributed by atoms with Crippen molar-refractivity contribution in [1.82, 2.24) is 14.5 Å². The van der Waals surface area contributed by atoms with Crippen LogP contribution in [0.4, 0.5) is 25.3 Å². The van der Waals surface area contributed by atoms with E-state index in [4.69, 9.17) is 26.0 Å². The molecule has 2 aromatic heterocycles. The lowest BCUT2D eigenvalue weighted by Gasteiger charge is -2.15. The standard InChI is InChI=1S/C28H25F2N5O6/c1-39-20-9-13(8-15-11-33-27(32)34-26(15)31)7-14(25(20)40-2)3-6-17-19(29)10-18-23(22(17)30)35(16-4-5-16)12-21(24(18)36)41-28(37)38/h3,6-7,9-12,16H,4-5,8H2,1-2H3,(H,37,38)(H4,31,32,33,34)/b6-3+. The summed E-state index contributed by atoms with van der Waals surface area (Å²) in [4.78, 5) is 31.8. The van der Waals surface area contributed by atoms with Crippen LogP contribution >= 0.6 is 0 Å². The molecule has 2 aromatic carbocycles. The first-order chi connectivity index (χ1) is 19.6. The molecule has 11 nitrogen and oxygen atoms in total. The van der Waals surface area contributed by atoms with E-state index in [2.05, 4.69) is 14.7 Å². The molecule has 0 bridgehead atoms. The van der Waals surface area contributed by atoms with Crippen LogP contribution < -0.4 is 31.1 Å². The predicted molar refractivity (Wildman–Crippen MR) is 147 cm³/mol. The van der Waals surface area contributed by atoms with Crippen molar-refractivity contribution in [2.45, 2.75) is 25.3 Å². The maximum atomic E-state index is 15.9. The third kappa shape index (κ3) is 5.33. The van der Waals surface area contributed by atoms with Crippen LogP contribution in [-0.4, -0.2) is 40.0 Å². The van der Waals surface area contributed by atoms with Gasteiger partial charge in [0.25, 0.3) is 0 Å². The van der Waals surface area contributed by atoms with Gasteiger partial charge in [-0.15, -0.1) is 0 Å². The molecule has 4 aromatic rings. The average molecular weight is 566 g/mol. The van der Waals surface area contributed by atoms with Crippen LogP contribution in [0.5, 0.6) is 17.2 Å². The number of halogens is 2. The number of aromatic nitrogens is 3. The molecule has 13 heteroatoms. The fraction of sp³-hybridized carbons (Fsp3) is 0.214. The van der Waals surface area contributed by atoms with E-state index in [1.165, 1.54) is 37.1 Å². The summed E-state index contributed by atoms with van der Waals surface area (Å²) in [5, 5.41) is 8.66. The maximum Gasteiger partial charge on any atom is 0.511 e. The summed E-state index contributed by atoms with van der Waals surface area (Å²) in [6.07, 6.45) is 5.31. The van der Waals surface area contributed by atoms with Gasteiger partial charge in [0, 0.05) is 35.3 Å². The Bertz CT molecular complexity index is 1790. The van der Waals surface area contributed by atoms with Crippen molar-refractivity contribution in [2.75, 3.05) is 25.7 Å². The molecule has 0 saturated heterocycles. The van der Waals surface area contributed by atoms with Crippen LogP contribution in [0.2, 0.25) is 0 Å². The zero-order valence-electron chi connectivity index (χ0n) is 22.0. The molecular weight excluding hydrogens is 540 g/mol. The number of benzene rings is 2. The Kier molecular flexibility index (Phi) is 7.18. The number of carboxylic acid groups (broad SMARTS) is 1. The van der Waals surface area contributed by atoms with Crippen molar-refractivity contribution in [3.63, 3.8) is 0 Å². The van der Waals surface area contributed by atoms with Crippen LogP contribution in [0, 0.1) is 11.6 Å². The number of nitrogen functional groups attached to an aromatic ring is 2. The van der Waals surface area contributed by atoms with E-state index in [1.807, 2.05) is 0 Å². The quantitative estimate of drug-likeness (QED) is 0.206. The molecule has 0 radical (unpaired) electrons. The third-order valence-corrected chi connectivity index (χ3v) is 6.66. The molecule has 0 unspecified atom stereocenters. The van der Waals surface area contributed by atoms with Crippen LogP contribution in [0.25, 0.3) is 23.1 Å². The minimum atomic E-state index is -1.71. The molecule has 1 saturated carbocycles. The Labute approximate surface area is 231 Å². The van der Waals surface area contributed by atoms with Gasteiger partial charge in [-0.05, 0) is 42.7 Å². The lowest BCUT2D eigenvalue weighted by atomic mass is 10.0. The van der Waals surface area contributed by atoms with Crippen LogP contribution in [0.15, 0.2) is 35.4 Å². The van der Waals surface area contributed by atoms with Crippen LogP contribution in [-0.2, 0) is 6.42 Å². The van der Waals surface area contributed by atoms with Gasteiger partial charge in [-0.25, -0.2) is 18.6 Å². The second-order valence-corrected chi connectivity index (χ2v) is 9.38. The SMILES string of the molecule is COc1cc(Cc2cnc(N)nc2N)cc(/C=C/c2c(F)cc3c(=O)c(OC(=O)O)cn(C4CC4)c3c2F)c1OC. The molecule has 0 aliphatic heterocycles. The number of pyridine rings is 1. The number of methoxy groups -OCH3 is 2. The Hall–Kier alpha value is -5.20. The van der Waals surface area contributed by atoms with Gasteiger partial charge in [0.15, 0.2) is 23.1 Å². The van der Waals surface area contributed by atoms with Gasteiger partial charge in [0.05, 0.1) is 31.3 Å². The molecule has 41 heavy (non-hydrogen) atoms. The summed E-state index contributed by atoms with van der Waals surface area (Å²) in [5.74, 6) is -1.58. The third-order valence-electron chi connectivity index (χ3n) is 6.66. The Morgan fingerprint density at radius 3 is 2.54 bits per heavy atom. The van der Waals surface area contributed by atoms with E-state index >= 15 is 8.78 Å². The van der Waals surface area contributed by atoms with Gasteiger partial charge >= 0.3 is 6.16 Å². The first-order valence-electron chi connectivity index (χ1n) is 12.4. The van der Waals surface area contributed by atoms with E-state index in [0.29, 0.717) is 41.9 Å². The molecule has 1 aliphatic carbocycles. The lowest BCUT2D eigenvalue weighted by molar-refractivity contribution is 0.143. The first kappa shape index (κ1) is 27.4. The van der Waals surface area contributed by atoms with Crippen molar-refractivity contribution in [1.29, 1.82) is 0 Å². The molecule has 0 spiro atoms. The molecule has 0 amide bonds. The molecule has 0 atom stereocenters. The fourth-order valence-electron chi connectivity index (χ4n) is 4.63.